The van der Waals surface area contributed by atoms with E-state index in [1.165, 1.54) is 0 Å². The standard InChI is InChI=1S/C5H6N2O3S/c6-11(9,10)4-1-2-5(8)7-3-4/h1-3H,(H,7,8)(H2,6,9,10). The number of hydrogen-bond donors (Lipinski definition) is 2. The molecule has 0 atom stereocenters. The van der Waals surface area contributed by atoms with Gasteiger partial charge in [0.1, 0.15) is 0 Å². The summed E-state index contributed by atoms with van der Waals surface area (Å²) >= 11 is 0. The molecule has 0 saturated heterocycles. The van der Waals surface area contributed by atoms with Crippen LogP contribution in [0.3, 0.4) is 0 Å². The Labute approximate surface area is 62.9 Å². The maximum Gasteiger partial charge on any atom is 0.247 e. The number of aromatic nitrogens is 1. The molecule has 11 heavy (non-hydrogen) atoms. The molecule has 60 valence electrons. The van der Waals surface area contributed by atoms with E-state index in [1.807, 2.05) is 0 Å². The topological polar surface area (TPSA) is 93.0 Å². The van der Waals surface area contributed by atoms with Crippen LogP contribution in [0.25, 0.3) is 0 Å². The lowest BCUT2D eigenvalue weighted by Gasteiger charge is -1.93. The van der Waals surface area contributed by atoms with Crippen LogP contribution in [-0.4, -0.2) is 13.4 Å². The molecule has 1 rings (SSSR count). The van der Waals surface area contributed by atoms with Crippen LogP contribution < -0.4 is 10.7 Å². The molecule has 0 unspecified atom stereocenters. The molecular weight excluding hydrogens is 168 g/mol. The van der Waals surface area contributed by atoms with Gasteiger partial charge in [-0.3, -0.25) is 4.79 Å². The van der Waals surface area contributed by atoms with E-state index >= 15 is 0 Å². The quantitative estimate of drug-likeness (QED) is 0.573. The van der Waals surface area contributed by atoms with Crippen LogP contribution in [0.2, 0.25) is 0 Å². The molecule has 3 N–H and O–H groups in total. The number of pyridine rings is 1. The Morgan fingerprint density at radius 3 is 2.36 bits per heavy atom. The highest BCUT2D eigenvalue weighted by molar-refractivity contribution is 7.89. The highest BCUT2D eigenvalue weighted by Crippen LogP contribution is 1.98. The van der Waals surface area contributed by atoms with Gasteiger partial charge in [0, 0.05) is 12.3 Å². The van der Waals surface area contributed by atoms with Gasteiger partial charge < -0.3 is 4.98 Å². The predicted molar refractivity (Wildman–Crippen MR) is 38.4 cm³/mol. The van der Waals surface area contributed by atoms with Crippen molar-refractivity contribution in [3.05, 3.63) is 28.7 Å². The van der Waals surface area contributed by atoms with Crippen LogP contribution in [0.15, 0.2) is 28.0 Å². The Balaban J connectivity index is 3.31. The molecule has 0 spiro atoms. The van der Waals surface area contributed by atoms with Gasteiger partial charge in [-0.25, -0.2) is 13.6 Å². The molecular formula is C5H6N2O3S. The Morgan fingerprint density at radius 1 is 1.36 bits per heavy atom. The molecule has 0 fully saturated rings. The Kier molecular flexibility index (Phi) is 1.79. The van der Waals surface area contributed by atoms with Crippen LogP contribution in [0.5, 0.6) is 0 Å². The molecule has 0 radical (unpaired) electrons. The van der Waals surface area contributed by atoms with E-state index in [0.717, 1.165) is 18.3 Å². The van der Waals surface area contributed by atoms with Crippen LogP contribution in [0, 0.1) is 0 Å². The number of sulfonamides is 1. The summed E-state index contributed by atoms with van der Waals surface area (Å²) in [5.74, 6) is 0. The summed E-state index contributed by atoms with van der Waals surface area (Å²) in [6.07, 6.45) is 1.05. The summed E-state index contributed by atoms with van der Waals surface area (Å²) in [6.45, 7) is 0. The zero-order valence-corrected chi connectivity index (χ0v) is 6.26. The molecule has 0 saturated carbocycles. The molecule has 1 aromatic heterocycles. The van der Waals surface area contributed by atoms with Crippen molar-refractivity contribution in [2.45, 2.75) is 4.90 Å². The summed E-state index contributed by atoms with van der Waals surface area (Å²) in [7, 11) is -3.69. The normalized spacial score (nSPS) is 11.4. The van der Waals surface area contributed by atoms with Crippen molar-refractivity contribution in [2.75, 3.05) is 0 Å². The third-order valence-corrected chi connectivity index (χ3v) is 2.00. The van der Waals surface area contributed by atoms with Crippen molar-refractivity contribution in [3.63, 3.8) is 0 Å². The fourth-order valence-electron chi connectivity index (χ4n) is 0.573. The van der Waals surface area contributed by atoms with Crippen molar-refractivity contribution >= 4 is 10.0 Å². The Morgan fingerprint density at radius 2 is 2.00 bits per heavy atom. The molecule has 0 aromatic carbocycles. The lowest BCUT2D eigenvalue weighted by Crippen LogP contribution is -2.14. The number of primary sulfonamides is 1. The lowest BCUT2D eigenvalue weighted by atomic mass is 10.5. The average Bonchev–Trinajstić information content (AvgIpc) is 1.86. The van der Waals surface area contributed by atoms with Gasteiger partial charge in [0.2, 0.25) is 15.6 Å². The first-order valence-corrected chi connectivity index (χ1v) is 4.26. The minimum Gasteiger partial charge on any atom is -0.328 e. The second kappa shape index (κ2) is 2.48. The zero-order chi connectivity index (χ0) is 8.48. The van der Waals surface area contributed by atoms with E-state index in [9.17, 15) is 13.2 Å². The Bertz CT molecular complexity index is 385. The SMILES string of the molecule is NS(=O)(=O)c1ccc(=O)[nH]c1. The third-order valence-electron chi connectivity index (χ3n) is 1.08. The summed E-state index contributed by atoms with van der Waals surface area (Å²) in [5, 5.41) is 4.76. The van der Waals surface area contributed by atoms with Gasteiger partial charge >= 0.3 is 0 Å². The van der Waals surface area contributed by atoms with Gasteiger partial charge in [-0.05, 0) is 6.07 Å². The first kappa shape index (κ1) is 7.96. The summed E-state index contributed by atoms with van der Waals surface area (Å²) in [6, 6.07) is 2.24. The fraction of sp³-hybridized carbons (Fsp3) is 0. The molecule has 5 nitrogen and oxygen atoms in total. The van der Waals surface area contributed by atoms with Gasteiger partial charge in [0.05, 0.1) is 4.90 Å². The van der Waals surface area contributed by atoms with Crippen molar-refractivity contribution in [1.29, 1.82) is 0 Å². The van der Waals surface area contributed by atoms with Crippen LogP contribution in [0.1, 0.15) is 0 Å². The van der Waals surface area contributed by atoms with Crippen molar-refractivity contribution in [2.24, 2.45) is 5.14 Å². The fourth-order valence-corrected chi connectivity index (χ4v) is 1.05. The largest absolute Gasteiger partial charge is 0.328 e. The molecule has 1 aromatic rings. The van der Waals surface area contributed by atoms with Crippen molar-refractivity contribution in [3.8, 4) is 0 Å². The second-order valence-electron chi connectivity index (χ2n) is 1.93. The third kappa shape index (κ3) is 1.89. The van der Waals surface area contributed by atoms with Crippen LogP contribution in [-0.2, 0) is 10.0 Å². The Hall–Kier alpha value is -1.14. The minimum absolute atomic E-state index is 0.0999. The van der Waals surface area contributed by atoms with E-state index in [1.54, 1.807) is 0 Å². The maximum atomic E-state index is 10.6. The molecule has 0 amide bonds. The summed E-state index contributed by atoms with van der Waals surface area (Å²) in [5.41, 5.74) is -0.364. The number of H-pyrrole nitrogens is 1. The average molecular weight is 174 g/mol. The van der Waals surface area contributed by atoms with Crippen molar-refractivity contribution in [1.82, 2.24) is 4.98 Å². The minimum atomic E-state index is -3.69. The molecule has 0 aliphatic heterocycles. The maximum absolute atomic E-state index is 10.6. The molecule has 6 heteroatoms. The van der Waals surface area contributed by atoms with Crippen LogP contribution >= 0.6 is 0 Å². The smallest absolute Gasteiger partial charge is 0.247 e. The van der Waals surface area contributed by atoms with E-state index in [-0.39, 0.29) is 10.5 Å². The van der Waals surface area contributed by atoms with Gasteiger partial charge in [0.15, 0.2) is 0 Å². The summed E-state index contributed by atoms with van der Waals surface area (Å²) < 4.78 is 21.2. The van der Waals surface area contributed by atoms with Gasteiger partial charge in [-0.15, -0.1) is 0 Å². The number of rotatable bonds is 1. The highest BCUT2D eigenvalue weighted by Gasteiger charge is 2.05. The molecule has 0 bridgehead atoms. The second-order valence-corrected chi connectivity index (χ2v) is 3.50. The monoisotopic (exact) mass is 174 g/mol. The number of aromatic amines is 1. The first-order chi connectivity index (χ1) is 5.00. The van der Waals surface area contributed by atoms with Gasteiger partial charge in [0.25, 0.3) is 0 Å². The van der Waals surface area contributed by atoms with Gasteiger partial charge in [-0.1, -0.05) is 0 Å². The number of nitrogens with one attached hydrogen (secondary N) is 1. The first-order valence-electron chi connectivity index (χ1n) is 2.72. The molecule has 0 aliphatic carbocycles. The molecule has 1 heterocycles. The van der Waals surface area contributed by atoms with Crippen molar-refractivity contribution < 1.29 is 8.42 Å². The molecule has 0 aliphatic rings. The van der Waals surface area contributed by atoms with Crippen LogP contribution in [0.4, 0.5) is 0 Å². The summed E-state index contributed by atoms with van der Waals surface area (Å²) in [4.78, 5) is 12.5. The van der Waals surface area contributed by atoms with E-state index < -0.39 is 10.0 Å². The van der Waals surface area contributed by atoms with E-state index in [0.29, 0.717) is 0 Å². The number of nitrogens with two attached hydrogens (primary N) is 1. The lowest BCUT2D eigenvalue weighted by molar-refractivity contribution is 0.597. The van der Waals surface area contributed by atoms with Gasteiger partial charge in [-0.2, -0.15) is 0 Å². The zero-order valence-electron chi connectivity index (χ0n) is 5.44. The highest BCUT2D eigenvalue weighted by atomic mass is 32.2. The van der Waals surface area contributed by atoms with E-state index in [2.05, 4.69) is 4.98 Å². The number of hydrogen-bond acceptors (Lipinski definition) is 3. The predicted octanol–water partition coefficient (Wildman–Crippen LogP) is -0.978. The van der Waals surface area contributed by atoms with E-state index in [4.69, 9.17) is 5.14 Å².